The number of methoxy groups -OCH3 is 3. The van der Waals surface area contributed by atoms with Crippen LogP contribution in [0.25, 0.3) is 0 Å². The fraction of sp³-hybridized carbons (Fsp3) is 0.381. The molecule has 0 atom stereocenters. The largest absolute Gasteiger partial charge is 0.497 e. The van der Waals surface area contributed by atoms with Gasteiger partial charge in [-0.1, -0.05) is 11.6 Å². The molecule has 0 aliphatic heterocycles. The standard InChI is InChI=1S/C21H25ClN2O4/c1-26-17-7-9-19(27-2)14(10-17)12-24(16-5-6-16)13-21(25)23-15-4-8-20(28-3)18(22)11-15/h4,7-11,16H,5-6,12-13H2,1-3H3,(H,23,25). The number of hydrogen-bond acceptors (Lipinski definition) is 5. The first-order valence-corrected chi connectivity index (χ1v) is 9.50. The van der Waals surface area contributed by atoms with E-state index in [0.717, 1.165) is 29.9 Å². The highest BCUT2D eigenvalue weighted by Crippen LogP contribution is 2.32. The van der Waals surface area contributed by atoms with E-state index in [2.05, 4.69) is 10.2 Å². The molecule has 0 heterocycles. The van der Waals surface area contributed by atoms with Gasteiger partial charge in [0.2, 0.25) is 5.91 Å². The zero-order chi connectivity index (χ0) is 20.1. The highest BCUT2D eigenvalue weighted by molar-refractivity contribution is 6.32. The van der Waals surface area contributed by atoms with Crippen molar-refractivity contribution in [1.29, 1.82) is 0 Å². The van der Waals surface area contributed by atoms with Crippen molar-refractivity contribution in [3.05, 3.63) is 47.0 Å². The molecule has 150 valence electrons. The van der Waals surface area contributed by atoms with Crippen LogP contribution in [-0.2, 0) is 11.3 Å². The summed E-state index contributed by atoms with van der Waals surface area (Å²) in [6.45, 7) is 0.899. The molecular weight excluding hydrogens is 380 g/mol. The minimum absolute atomic E-state index is 0.0880. The van der Waals surface area contributed by atoms with Crippen LogP contribution in [0.15, 0.2) is 36.4 Å². The molecule has 6 nitrogen and oxygen atoms in total. The van der Waals surface area contributed by atoms with E-state index >= 15 is 0 Å². The number of amides is 1. The lowest BCUT2D eigenvalue weighted by molar-refractivity contribution is -0.117. The predicted octanol–water partition coefficient (Wildman–Crippen LogP) is 3.97. The monoisotopic (exact) mass is 404 g/mol. The third-order valence-electron chi connectivity index (χ3n) is 4.71. The van der Waals surface area contributed by atoms with E-state index in [-0.39, 0.29) is 12.5 Å². The molecule has 0 radical (unpaired) electrons. The molecular formula is C21H25ClN2O4. The van der Waals surface area contributed by atoms with Crippen LogP contribution in [-0.4, -0.2) is 44.7 Å². The summed E-state index contributed by atoms with van der Waals surface area (Å²) in [5.41, 5.74) is 1.64. The van der Waals surface area contributed by atoms with Crippen molar-refractivity contribution in [2.24, 2.45) is 0 Å². The molecule has 3 rings (SSSR count). The third kappa shape index (κ3) is 5.09. The van der Waals surface area contributed by atoms with E-state index in [4.69, 9.17) is 25.8 Å². The van der Waals surface area contributed by atoms with Crippen LogP contribution in [0.1, 0.15) is 18.4 Å². The molecule has 7 heteroatoms. The highest BCUT2D eigenvalue weighted by atomic mass is 35.5. The number of hydrogen-bond donors (Lipinski definition) is 1. The number of carbonyl (C=O) groups is 1. The first-order chi connectivity index (χ1) is 13.5. The molecule has 1 aliphatic carbocycles. The molecule has 0 saturated heterocycles. The lowest BCUT2D eigenvalue weighted by atomic mass is 10.1. The first-order valence-electron chi connectivity index (χ1n) is 9.12. The molecule has 0 aromatic heterocycles. The Labute approximate surface area is 170 Å². The van der Waals surface area contributed by atoms with E-state index in [1.54, 1.807) is 39.5 Å². The Morgan fingerprint density at radius 1 is 1.07 bits per heavy atom. The van der Waals surface area contributed by atoms with Crippen LogP contribution in [0.5, 0.6) is 17.2 Å². The number of halogens is 1. The van der Waals surface area contributed by atoms with Gasteiger partial charge in [-0.3, -0.25) is 9.69 Å². The summed E-state index contributed by atoms with van der Waals surface area (Å²) in [4.78, 5) is 14.8. The van der Waals surface area contributed by atoms with E-state index in [1.807, 2.05) is 18.2 Å². The van der Waals surface area contributed by atoms with Gasteiger partial charge < -0.3 is 19.5 Å². The summed E-state index contributed by atoms with van der Waals surface area (Å²) in [7, 11) is 4.84. The molecule has 1 amide bonds. The maximum atomic E-state index is 12.6. The lowest BCUT2D eigenvalue weighted by Crippen LogP contribution is -2.34. The van der Waals surface area contributed by atoms with Crippen LogP contribution in [0.3, 0.4) is 0 Å². The third-order valence-corrected chi connectivity index (χ3v) is 5.00. The van der Waals surface area contributed by atoms with Crippen molar-refractivity contribution < 1.29 is 19.0 Å². The smallest absolute Gasteiger partial charge is 0.238 e. The Bertz CT molecular complexity index is 839. The first kappa shape index (κ1) is 20.3. The van der Waals surface area contributed by atoms with Crippen molar-refractivity contribution in [2.75, 3.05) is 33.2 Å². The van der Waals surface area contributed by atoms with Crippen molar-refractivity contribution in [3.63, 3.8) is 0 Å². The summed E-state index contributed by atoms with van der Waals surface area (Å²) in [5, 5.41) is 3.37. The zero-order valence-corrected chi connectivity index (χ0v) is 17.1. The van der Waals surface area contributed by atoms with Crippen LogP contribution in [0, 0.1) is 0 Å². The fourth-order valence-electron chi connectivity index (χ4n) is 3.11. The van der Waals surface area contributed by atoms with E-state index in [0.29, 0.717) is 29.0 Å². The SMILES string of the molecule is COc1ccc(OC)c(CN(CC(=O)Nc2ccc(OC)c(Cl)c2)C2CC2)c1. The fourth-order valence-corrected chi connectivity index (χ4v) is 3.36. The Morgan fingerprint density at radius 3 is 2.39 bits per heavy atom. The Kier molecular flexibility index (Phi) is 6.65. The van der Waals surface area contributed by atoms with Crippen molar-refractivity contribution in [1.82, 2.24) is 4.90 Å². The minimum atomic E-state index is -0.0880. The van der Waals surface area contributed by atoms with E-state index < -0.39 is 0 Å². The summed E-state index contributed by atoms with van der Waals surface area (Å²) in [6, 6.07) is 11.3. The van der Waals surface area contributed by atoms with Crippen molar-refractivity contribution in [2.45, 2.75) is 25.4 Å². The van der Waals surface area contributed by atoms with E-state index in [1.165, 1.54) is 0 Å². The molecule has 0 unspecified atom stereocenters. The zero-order valence-electron chi connectivity index (χ0n) is 16.3. The van der Waals surface area contributed by atoms with Gasteiger partial charge in [0.25, 0.3) is 0 Å². The lowest BCUT2D eigenvalue weighted by Gasteiger charge is -2.23. The Balaban J connectivity index is 1.68. The molecule has 1 fully saturated rings. The van der Waals surface area contributed by atoms with Crippen molar-refractivity contribution >= 4 is 23.2 Å². The topological polar surface area (TPSA) is 60.0 Å². The molecule has 1 aliphatic rings. The predicted molar refractivity (Wildman–Crippen MR) is 110 cm³/mol. The van der Waals surface area contributed by atoms with Crippen LogP contribution < -0.4 is 19.5 Å². The van der Waals surface area contributed by atoms with Crippen LogP contribution in [0.4, 0.5) is 5.69 Å². The number of ether oxygens (including phenoxy) is 3. The Morgan fingerprint density at radius 2 is 1.79 bits per heavy atom. The summed E-state index contributed by atoms with van der Waals surface area (Å²) < 4.78 is 15.9. The average Bonchev–Trinajstić information content (AvgIpc) is 3.52. The van der Waals surface area contributed by atoms with Gasteiger partial charge >= 0.3 is 0 Å². The van der Waals surface area contributed by atoms with Gasteiger partial charge in [-0.05, 0) is 49.2 Å². The maximum absolute atomic E-state index is 12.6. The molecule has 2 aromatic carbocycles. The Hall–Kier alpha value is -2.44. The molecule has 2 aromatic rings. The number of rotatable bonds is 9. The van der Waals surface area contributed by atoms with Crippen LogP contribution in [0.2, 0.25) is 5.02 Å². The quantitative estimate of drug-likeness (QED) is 0.685. The number of carbonyl (C=O) groups excluding carboxylic acids is 1. The second kappa shape index (κ2) is 9.17. The second-order valence-electron chi connectivity index (χ2n) is 6.71. The highest BCUT2D eigenvalue weighted by Gasteiger charge is 2.31. The number of anilines is 1. The minimum Gasteiger partial charge on any atom is -0.497 e. The summed E-state index contributed by atoms with van der Waals surface area (Å²) >= 11 is 6.14. The van der Waals surface area contributed by atoms with Crippen molar-refractivity contribution in [3.8, 4) is 17.2 Å². The molecule has 1 saturated carbocycles. The normalized spacial score (nSPS) is 13.3. The summed E-state index contributed by atoms with van der Waals surface area (Å²) in [6.07, 6.45) is 2.18. The van der Waals surface area contributed by atoms with Gasteiger partial charge in [0, 0.05) is 23.8 Å². The van der Waals surface area contributed by atoms with Gasteiger partial charge in [0.15, 0.2) is 0 Å². The van der Waals surface area contributed by atoms with Gasteiger partial charge in [0.1, 0.15) is 17.2 Å². The molecule has 1 N–H and O–H groups in total. The average molecular weight is 405 g/mol. The molecule has 0 bridgehead atoms. The van der Waals surface area contributed by atoms with Gasteiger partial charge in [0.05, 0.1) is 32.9 Å². The molecule has 28 heavy (non-hydrogen) atoms. The number of benzene rings is 2. The molecule has 0 spiro atoms. The van der Waals surface area contributed by atoms with Crippen LogP contribution >= 0.6 is 11.6 Å². The number of nitrogens with one attached hydrogen (secondary N) is 1. The summed E-state index contributed by atoms with van der Waals surface area (Å²) in [5.74, 6) is 2.04. The number of nitrogens with zero attached hydrogens (tertiary/aromatic N) is 1. The van der Waals surface area contributed by atoms with E-state index in [9.17, 15) is 4.79 Å². The maximum Gasteiger partial charge on any atom is 0.238 e. The van der Waals surface area contributed by atoms with Gasteiger partial charge in [-0.2, -0.15) is 0 Å². The van der Waals surface area contributed by atoms with Gasteiger partial charge in [-0.25, -0.2) is 0 Å². The second-order valence-corrected chi connectivity index (χ2v) is 7.12. The van der Waals surface area contributed by atoms with Gasteiger partial charge in [-0.15, -0.1) is 0 Å².